The van der Waals surface area contributed by atoms with E-state index in [4.69, 9.17) is 4.74 Å². The molecule has 4 heteroatoms. The van der Waals surface area contributed by atoms with Crippen LogP contribution >= 0.6 is 12.6 Å². The number of nitrogens with zero attached hydrogens (tertiary/aromatic N) is 2. The fourth-order valence-electron chi connectivity index (χ4n) is 0.841. The van der Waals surface area contributed by atoms with Crippen LogP contribution in [-0.2, 0) is 0 Å². The standard InChI is InChI=1S/C8H14N2OS/c1-7(2)10-6-8(5-9-10)11-3-4-12/h5-7,12H,3-4H2,1-2H3. The van der Waals surface area contributed by atoms with Crippen molar-refractivity contribution in [3.8, 4) is 5.75 Å². The molecule has 0 aliphatic rings. The predicted octanol–water partition coefficient (Wildman–Crippen LogP) is 1.77. The minimum atomic E-state index is 0.387. The molecule has 0 saturated heterocycles. The van der Waals surface area contributed by atoms with Crippen molar-refractivity contribution in [2.24, 2.45) is 0 Å². The Labute approximate surface area is 78.1 Å². The summed E-state index contributed by atoms with van der Waals surface area (Å²) in [6.07, 6.45) is 3.62. The Bertz CT molecular complexity index is 235. The number of rotatable bonds is 4. The van der Waals surface area contributed by atoms with Crippen molar-refractivity contribution in [3.05, 3.63) is 12.4 Å². The fourth-order valence-corrected chi connectivity index (χ4v) is 0.932. The van der Waals surface area contributed by atoms with Gasteiger partial charge in [-0.05, 0) is 13.8 Å². The molecule has 1 rings (SSSR count). The Kier molecular flexibility index (Phi) is 3.47. The Morgan fingerprint density at radius 1 is 1.67 bits per heavy atom. The van der Waals surface area contributed by atoms with E-state index in [2.05, 4.69) is 31.6 Å². The van der Waals surface area contributed by atoms with Gasteiger partial charge < -0.3 is 4.74 Å². The van der Waals surface area contributed by atoms with Gasteiger partial charge in [0, 0.05) is 11.8 Å². The van der Waals surface area contributed by atoms with Crippen molar-refractivity contribution in [3.63, 3.8) is 0 Å². The van der Waals surface area contributed by atoms with Crippen LogP contribution in [0.4, 0.5) is 0 Å². The average Bonchev–Trinajstić information content (AvgIpc) is 2.48. The van der Waals surface area contributed by atoms with Crippen molar-refractivity contribution in [2.75, 3.05) is 12.4 Å². The number of aromatic nitrogens is 2. The SMILES string of the molecule is CC(C)n1cc(OCCS)cn1. The van der Waals surface area contributed by atoms with Gasteiger partial charge in [-0.15, -0.1) is 0 Å². The van der Waals surface area contributed by atoms with Crippen LogP contribution in [0.3, 0.4) is 0 Å². The molecule has 0 spiro atoms. The molecule has 12 heavy (non-hydrogen) atoms. The Morgan fingerprint density at radius 3 is 2.92 bits per heavy atom. The number of thiol groups is 1. The molecular weight excluding hydrogens is 172 g/mol. The molecule has 1 heterocycles. The molecule has 0 N–H and O–H groups in total. The lowest BCUT2D eigenvalue weighted by atomic mass is 10.4. The van der Waals surface area contributed by atoms with E-state index in [1.54, 1.807) is 6.20 Å². The van der Waals surface area contributed by atoms with E-state index < -0.39 is 0 Å². The minimum absolute atomic E-state index is 0.387. The smallest absolute Gasteiger partial charge is 0.157 e. The zero-order chi connectivity index (χ0) is 8.97. The lowest BCUT2D eigenvalue weighted by Crippen LogP contribution is -2.00. The second-order valence-electron chi connectivity index (χ2n) is 2.82. The molecule has 0 aliphatic heterocycles. The summed E-state index contributed by atoms with van der Waals surface area (Å²) in [4.78, 5) is 0. The topological polar surface area (TPSA) is 27.1 Å². The van der Waals surface area contributed by atoms with Gasteiger partial charge in [-0.2, -0.15) is 17.7 Å². The number of ether oxygens (including phenoxy) is 1. The highest BCUT2D eigenvalue weighted by molar-refractivity contribution is 7.80. The van der Waals surface area contributed by atoms with E-state index in [1.807, 2.05) is 10.9 Å². The second kappa shape index (κ2) is 4.40. The Hall–Kier alpha value is -0.640. The summed E-state index contributed by atoms with van der Waals surface area (Å²) in [7, 11) is 0. The molecule has 1 aromatic rings. The highest BCUT2D eigenvalue weighted by Gasteiger charge is 2.00. The van der Waals surface area contributed by atoms with E-state index in [0.717, 1.165) is 11.5 Å². The molecule has 0 radical (unpaired) electrons. The minimum Gasteiger partial charge on any atom is -0.489 e. The van der Waals surface area contributed by atoms with E-state index in [9.17, 15) is 0 Å². The van der Waals surface area contributed by atoms with Crippen molar-refractivity contribution >= 4 is 12.6 Å². The molecule has 0 amide bonds. The van der Waals surface area contributed by atoms with Crippen LogP contribution in [0.5, 0.6) is 5.75 Å². The first-order valence-electron chi connectivity index (χ1n) is 4.02. The molecule has 0 aliphatic carbocycles. The average molecular weight is 186 g/mol. The first kappa shape index (κ1) is 9.45. The van der Waals surface area contributed by atoms with Gasteiger partial charge in [0.05, 0.1) is 19.0 Å². The maximum atomic E-state index is 5.33. The Balaban J connectivity index is 2.52. The fraction of sp³-hybridized carbons (Fsp3) is 0.625. The predicted molar refractivity (Wildman–Crippen MR) is 52.0 cm³/mol. The van der Waals surface area contributed by atoms with E-state index in [-0.39, 0.29) is 0 Å². The van der Waals surface area contributed by atoms with Crippen molar-refractivity contribution in [1.29, 1.82) is 0 Å². The summed E-state index contributed by atoms with van der Waals surface area (Å²) >= 11 is 4.05. The van der Waals surface area contributed by atoms with E-state index in [0.29, 0.717) is 12.6 Å². The summed E-state index contributed by atoms with van der Waals surface area (Å²) in [5.41, 5.74) is 0. The summed E-state index contributed by atoms with van der Waals surface area (Å²) in [5.74, 6) is 1.55. The monoisotopic (exact) mass is 186 g/mol. The highest BCUT2D eigenvalue weighted by Crippen LogP contribution is 2.11. The first-order valence-corrected chi connectivity index (χ1v) is 4.65. The van der Waals surface area contributed by atoms with Gasteiger partial charge in [0.1, 0.15) is 0 Å². The van der Waals surface area contributed by atoms with Gasteiger partial charge in [-0.1, -0.05) is 0 Å². The van der Waals surface area contributed by atoms with E-state index in [1.165, 1.54) is 0 Å². The van der Waals surface area contributed by atoms with Gasteiger partial charge in [-0.3, -0.25) is 4.68 Å². The van der Waals surface area contributed by atoms with Gasteiger partial charge in [0.15, 0.2) is 5.75 Å². The zero-order valence-corrected chi connectivity index (χ0v) is 8.29. The molecule has 0 unspecified atom stereocenters. The highest BCUT2D eigenvalue weighted by atomic mass is 32.1. The first-order chi connectivity index (χ1) is 5.74. The largest absolute Gasteiger partial charge is 0.489 e. The van der Waals surface area contributed by atoms with Crippen LogP contribution in [-0.4, -0.2) is 22.1 Å². The molecule has 3 nitrogen and oxygen atoms in total. The van der Waals surface area contributed by atoms with Crippen molar-refractivity contribution in [1.82, 2.24) is 9.78 Å². The summed E-state index contributed by atoms with van der Waals surface area (Å²) in [6.45, 7) is 4.79. The van der Waals surface area contributed by atoms with Crippen molar-refractivity contribution in [2.45, 2.75) is 19.9 Å². The normalized spacial score (nSPS) is 10.7. The summed E-state index contributed by atoms with van der Waals surface area (Å²) in [5, 5.41) is 4.14. The van der Waals surface area contributed by atoms with Crippen LogP contribution in [0.15, 0.2) is 12.4 Å². The molecule has 0 fully saturated rings. The van der Waals surface area contributed by atoms with Crippen LogP contribution in [0, 0.1) is 0 Å². The van der Waals surface area contributed by atoms with Gasteiger partial charge in [0.2, 0.25) is 0 Å². The Morgan fingerprint density at radius 2 is 2.42 bits per heavy atom. The number of hydrogen-bond acceptors (Lipinski definition) is 3. The zero-order valence-electron chi connectivity index (χ0n) is 7.40. The maximum absolute atomic E-state index is 5.33. The molecule has 0 saturated carbocycles. The van der Waals surface area contributed by atoms with Crippen LogP contribution in [0.2, 0.25) is 0 Å². The third-order valence-corrected chi connectivity index (χ3v) is 1.65. The van der Waals surface area contributed by atoms with Crippen LogP contribution in [0.25, 0.3) is 0 Å². The molecule has 68 valence electrons. The third kappa shape index (κ3) is 2.44. The van der Waals surface area contributed by atoms with Crippen LogP contribution in [0.1, 0.15) is 19.9 Å². The van der Waals surface area contributed by atoms with Gasteiger partial charge in [0.25, 0.3) is 0 Å². The molecule has 0 bridgehead atoms. The van der Waals surface area contributed by atoms with Gasteiger partial charge >= 0.3 is 0 Å². The molecular formula is C8H14N2OS. The van der Waals surface area contributed by atoms with Crippen LogP contribution < -0.4 is 4.74 Å². The quantitative estimate of drug-likeness (QED) is 0.726. The van der Waals surface area contributed by atoms with Gasteiger partial charge in [-0.25, -0.2) is 0 Å². The summed E-state index contributed by atoms with van der Waals surface area (Å²) < 4.78 is 7.20. The molecule has 0 atom stereocenters. The summed E-state index contributed by atoms with van der Waals surface area (Å²) in [6, 6.07) is 0.387. The lowest BCUT2D eigenvalue weighted by molar-refractivity contribution is 0.343. The molecule has 0 aromatic carbocycles. The molecule has 1 aromatic heterocycles. The van der Waals surface area contributed by atoms with Crippen molar-refractivity contribution < 1.29 is 4.74 Å². The maximum Gasteiger partial charge on any atom is 0.157 e. The third-order valence-electron chi connectivity index (χ3n) is 1.47. The lowest BCUT2D eigenvalue weighted by Gasteiger charge is -2.03. The van der Waals surface area contributed by atoms with E-state index >= 15 is 0 Å². The second-order valence-corrected chi connectivity index (χ2v) is 3.27. The number of hydrogen-bond donors (Lipinski definition) is 1.